The first kappa shape index (κ1) is 37.7. The van der Waals surface area contributed by atoms with E-state index in [1.165, 1.54) is 30.3 Å². The highest BCUT2D eigenvalue weighted by Crippen LogP contribution is 2.33. The van der Waals surface area contributed by atoms with E-state index in [2.05, 4.69) is 30.0 Å². The molecule has 0 atom stereocenters. The molecule has 0 spiro atoms. The number of aromatic nitrogens is 2. The summed E-state index contributed by atoms with van der Waals surface area (Å²) >= 11 is 7.42. The minimum atomic E-state index is -3.02. The van der Waals surface area contributed by atoms with Crippen LogP contribution in [0.15, 0.2) is 113 Å². The number of nitrogens with one attached hydrogen (secondary N) is 2. The number of furan rings is 1. The third kappa shape index (κ3) is 11.8. The van der Waals surface area contributed by atoms with Crippen molar-refractivity contribution >= 4 is 55.9 Å². The maximum Gasteiger partial charge on any atom is 0.148 e. The number of aryl methyl sites for hydroxylation is 1. The topological polar surface area (TPSA) is 145 Å². The lowest BCUT2D eigenvalue weighted by atomic mass is 10.1. The Labute approximate surface area is 303 Å². The summed E-state index contributed by atoms with van der Waals surface area (Å²) in [6.45, 7) is 2.95. The van der Waals surface area contributed by atoms with Crippen LogP contribution in [0.2, 0.25) is 5.02 Å². The third-order valence-corrected chi connectivity index (χ3v) is 9.02. The molecule has 4 aromatic carbocycles. The zero-order valence-corrected chi connectivity index (χ0v) is 29.9. The van der Waals surface area contributed by atoms with E-state index in [1.807, 2.05) is 67.6 Å². The van der Waals surface area contributed by atoms with Crippen LogP contribution in [0, 0.1) is 12.7 Å². The number of nitrogens with zero attached hydrogens (tertiary/aromatic N) is 2. The summed E-state index contributed by atoms with van der Waals surface area (Å²) in [5, 5.41) is 18.8. The standard InChI is InChI=1S/C29H26ClFN4O4S.C7H8O3S/c1-40(36,37)12-11-32-16-23-7-10-27(39-23)20-5-8-26-24(14-20)29(34-18-33-26)35-22-6-9-28(25(30)15-22)38-17-19-3-2-4-21(31)13-19;1-6-2-4-7(5-3-6)11-10-9-8/h2-10,13-15,18,32H,11-12,16-17H2,1H3,(H,33,34,35);2-5,8H,1H3. The molecule has 0 fully saturated rings. The van der Waals surface area contributed by atoms with Crippen molar-refractivity contribution in [3.05, 3.63) is 131 Å². The van der Waals surface area contributed by atoms with Crippen molar-refractivity contribution in [1.29, 1.82) is 0 Å². The molecule has 0 aliphatic carbocycles. The molecule has 0 amide bonds. The zero-order valence-electron chi connectivity index (χ0n) is 27.5. The highest BCUT2D eigenvalue weighted by atomic mass is 35.5. The van der Waals surface area contributed by atoms with Gasteiger partial charge in [-0.25, -0.2) is 28.0 Å². The largest absolute Gasteiger partial charge is 0.487 e. The van der Waals surface area contributed by atoms with Gasteiger partial charge in [-0.15, -0.1) is 4.33 Å². The molecule has 15 heteroatoms. The normalized spacial score (nSPS) is 11.2. The quantitative estimate of drug-likeness (QED) is 0.0424. The second kappa shape index (κ2) is 18.1. The van der Waals surface area contributed by atoms with Gasteiger partial charge in [0.25, 0.3) is 0 Å². The van der Waals surface area contributed by atoms with Gasteiger partial charge in [-0.05, 0) is 85.3 Å². The van der Waals surface area contributed by atoms with E-state index < -0.39 is 9.84 Å². The molecule has 0 radical (unpaired) electrons. The first-order valence-corrected chi connectivity index (χ1v) is 18.6. The molecule has 0 aliphatic heterocycles. The fraction of sp³-hybridized carbons (Fsp3) is 0.167. The average molecular weight is 753 g/mol. The lowest BCUT2D eigenvalue weighted by molar-refractivity contribution is -0.432. The van der Waals surface area contributed by atoms with Crippen molar-refractivity contribution in [3.8, 4) is 17.1 Å². The van der Waals surface area contributed by atoms with Crippen molar-refractivity contribution in [2.24, 2.45) is 0 Å². The first-order valence-electron chi connectivity index (χ1n) is 15.4. The summed E-state index contributed by atoms with van der Waals surface area (Å²) in [6.07, 6.45) is 2.69. The molecule has 0 unspecified atom stereocenters. The molecule has 0 saturated heterocycles. The molecule has 6 rings (SSSR count). The van der Waals surface area contributed by atoms with Gasteiger partial charge in [0.05, 0.1) is 34.9 Å². The predicted molar refractivity (Wildman–Crippen MR) is 196 cm³/mol. The number of ether oxygens (including phenoxy) is 1. The zero-order chi connectivity index (χ0) is 36.2. The highest BCUT2D eigenvalue weighted by molar-refractivity contribution is 7.94. The number of benzene rings is 4. The lowest BCUT2D eigenvalue weighted by Crippen LogP contribution is -2.21. The van der Waals surface area contributed by atoms with Gasteiger partial charge in [-0.2, -0.15) is 0 Å². The Morgan fingerprint density at radius 2 is 1.80 bits per heavy atom. The lowest BCUT2D eigenvalue weighted by Gasteiger charge is -2.12. The Hall–Kier alpha value is -4.54. The SMILES string of the molecule is CS(=O)(=O)CCNCc1ccc(-c2ccc3ncnc(Nc4ccc(OCc5cccc(F)c5)c(Cl)c4)c3c2)o1.Cc1ccc(SOOO)cc1. The van der Waals surface area contributed by atoms with E-state index >= 15 is 0 Å². The van der Waals surface area contributed by atoms with Crippen LogP contribution in [0.4, 0.5) is 15.9 Å². The Balaban J connectivity index is 0.000000392. The molecule has 0 bridgehead atoms. The van der Waals surface area contributed by atoms with E-state index in [4.69, 9.17) is 26.0 Å². The number of rotatable bonds is 14. The summed E-state index contributed by atoms with van der Waals surface area (Å²) in [5.74, 6) is 2.17. The molecule has 3 N–H and O–H groups in total. The molecule has 2 heterocycles. The van der Waals surface area contributed by atoms with Gasteiger partial charge in [0.1, 0.15) is 51.7 Å². The average Bonchev–Trinajstić information content (AvgIpc) is 3.59. The smallest absolute Gasteiger partial charge is 0.148 e. The van der Waals surface area contributed by atoms with Crippen molar-refractivity contribution in [1.82, 2.24) is 15.3 Å². The van der Waals surface area contributed by atoms with Gasteiger partial charge >= 0.3 is 0 Å². The van der Waals surface area contributed by atoms with E-state index in [-0.39, 0.29) is 18.2 Å². The monoisotopic (exact) mass is 752 g/mol. The minimum absolute atomic E-state index is 0.0664. The van der Waals surface area contributed by atoms with Crippen LogP contribution in [-0.2, 0) is 32.4 Å². The van der Waals surface area contributed by atoms with E-state index in [9.17, 15) is 12.8 Å². The summed E-state index contributed by atoms with van der Waals surface area (Å²) in [5.41, 5.74) is 4.17. The van der Waals surface area contributed by atoms with E-state index in [0.717, 1.165) is 33.4 Å². The van der Waals surface area contributed by atoms with Crippen LogP contribution >= 0.6 is 23.6 Å². The van der Waals surface area contributed by atoms with Gasteiger partial charge in [0, 0.05) is 34.3 Å². The Kier molecular flexibility index (Phi) is 13.4. The molecule has 266 valence electrons. The first-order chi connectivity index (χ1) is 24.6. The predicted octanol–water partition coefficient (Wildman–Crippen LogP) is 8.56. The highest BCUT2D eigenvalue weighted by Gasteiger charge is 2.12. The second-order valence-corrected chi connectivity index (χ2v) is 14.7. The Bertz CT molecular complexity index is 2170. The second-order valence-electron chi connectivity index (χ2n) is 11.3. The van der Waals surface area contributed by atoms with E-state index in [0.29, 0.717) is 52.5 Å². The van der Waals surface area contributed by atoms with Crippen LogP contribution < -0.4 is 15.4 Å². The molecular weight excluding hydrogens is 719 g/mol. The van der Waals surface area contributed by atoms with Crippen molar-refractivity contribution in [2.75, 3.05) is 23.9 Å². The van der Waals surface area contributed by atoms with Crippen molar-refractivity contribution in [2.45, 2.75) is 25.0 Å². The van der Waals surface area contributed by atoms with Gasteiger partial charge in [0.15, 0.2) is 0 Å². The van der Waals surface area contributed by atoms with Crippen LogP contribution in [0.3, 0.4) is 0 Å². The van der Waals surface area contributed by atoms with Crippen LogP contribution in [-0.4, -0.2) is 42.2 Å². The van der Waals surface area contributed by atoms with Crippen molar-refractivity contribution in [3.63, 3.8) is 0 Å². The fourth-order valence-corrected chi connectivity index (χ4v) is 5.78. The number of hydrogen-bond acceptors (Lipinski definition) is 12. The summed E-state index contributed by atoms with van der Waals surface area (Å²) in [7, 11) is -3.02. The number of fused-ring (bicyclic) bond motifs is 1. The van der Waals surface area contributed by atoms with Crippen molar-refractivity contribution < 1.29 is 36.6 Å². The van der Waals surface area contributed by atoms with Gasteiger partial charge < -0.3 is 19.8 Å². The summed E-state index contributed by atoms with van der Waals surface area (Å²) in [4.78, 5) is 9.68. The molecule has 11 nitrogen and oxygen atoms in total. The third-order valence-electron chi connectivity index (χ3n) is 7.19. The summed E-state index contributed by atoms with van der Waals surface area (Å²) in [6, 6.07) is 28.6. The van der Waals surface area contributed by atoms with Crippen LogP contribution in [0.5, 0.6) is 5.75 Å². The molecule has 0 saturated carbocycles. The van der Waals surface area contributed by atoms with Crippen LogP contribution in [0.25, 0.3) is 22.2 Å². The molecule has 0 aliphatic rings. The number of halogens is 2. The Morgan fingerprint density at radius 3 is 2.55 bits per heavy atom. The summed E-state index contributed by atoms with van der Waals surface area (Å²) < 4.78 is 52.0. The Morgan fingerprint density at radius 1 is 0.980 bits per heavy atom. The number of anilines is 2. The van der Waals surface area contributed by atoms with Gasteiger partial charge in [-0.1, -0.05) is 46.5 Å². The molecule has 2 aromatic heterocycles. The van der Waals surface area contributed by atoms with Gasteiger partial charge in [-0.3, -0.25) is 0 Å². The molecule has 51 heavy (non-hydrogen) atoms. The molecular formula is C36H34ClFN4O7S2. The fourth-order valence-electron chi connectivity index (χ4n) is 4.68. The maximum absolute atomic E-state index is 13.4. The molecule has 6 aromatic rings. The van der Waals surface area contributed by atoms with E-state index in [1.54, 1.807) is 24.3 Å². The number of hydrogen-bond donors (Lipinski definition) is 3. The van der Waals surface area contributed by atoms with Crippen LogP contribution in [0.1, 0.15) is 16.9 Å². The number of sulfone groups is 1. The maximum atomic E-state index is 13.4. The minimum Gasteiger partial charge on any atom is -0.487 e. The van der Waals surface area contributed by atoms with Gasteiger partial charge in [0.2, 0.25) is 0 Å².